The van der Waals surface area contributed by atoms with E-state index >= 15 is 0 Å². The first-order valence-electron chi connectivity index (χ1n) is 10.5. The summed E-state index contributed by atoms with van der Waals surface area (Å²) < 4.78 is 19.6. The first-order chi connectivity index (χ1) is 15.5. The van der Waals surface area contributed by atoms with Crippen molar-refractivity contribution in [1.82, 2.24) is 0 Å². The van der Waals surface area contributed by atoms with Crippen LogP contribution in [0, 0.1) is 5.82 Å². The number of nitrogens with one attached hydrogen (secondary N) is 2. The molecular weight excluding hydrogens is 471 g/mol. The predicted molar refractivity (Wildman–Crippen MR) is 128 cm³/mol. The molecule has 0 amide bonds. The second-order valence-corrected chi connectivity index (χ2v) is 8.97. The topological polar surface area (TPSA) is 50.4 Å². The number of hydrogen-bond acceptors (Lipinski definition) is 4. The molecular formula is C26H22BrFN2O2. The quantitative estimate of drug-likeness (QED) is 0.433. The molecule has 4 nitrogen and oxygen atoms in total. The van der Waals surface area contributed by atoms with E-state index in [-0.39, 0.29) is 23.6 Å². The van der Waals surface area contributed by atoms with Crippen LogP contribution >= 0.6 is 15.9 Å². The van der Waals surface area contributed by atoms with E-state index < -0.39 is 0 Å². The number of halogens is 2. The van der Waals surface area contributed by atoms with Crippen LogP contribution in [0.4, 0.5) is 15.8 Å². The van der Waals surface area contributed by atoms with Crippen molar-refractivity contribution in [2.45, 2.75) is 24.8 Å². The number of para-hydroxylation sites is 2. The molecule has 3 aromatic carbocycles. The van der Waals surface area contributed by atoms with Crippen molar-refractivity contribution in [2.75, 3.05) is 17.7 Å². The van der Waals surface area contributed by atoms with Crippen LogP contribution in [0.3, 0.4) is 0 Å². The molecule has 0 fully saturated rings. The molecule has 1 aliphatic carbocycles. The summed E-state index contributed by atoms with van der Waals surface area (Å²) in [6, 6.07) is 20.4. The van der Waals surface area contributed by atoms with E-state index in [4.69, 9.17) is 4.74 Å². The Morgan fingerprint density at radius 2 is 1.69 bits per heavy atom. The first-order valence-corrected chi connectivity index (χ1v) is 11.3. The number of methoxy groups -OCH3 is 1. The Morgan fingerprint density at radius 3 is 2.41 bits per heavy atom. The van der Waals surface area contributed by atoms with Crippen LogP contribution in [0.5, 0.6) is 5.75 Å². The zero-order valence-corrected chi connectivity index (χ0v) is 19.1. The molecule has 1 aliphatic heterocycles. The highest BCUT2D eigenvalue weighted by Gasteiger charge is 2.36. The number of Topliss-reactive ketones (excluding diaryl/α,β-unsaturated/α-hetero) is 1. The molecule has 2 unspecified atom stereocenters. The number of allylic oxidation sites excluding steroid dienone is 1. The summed E-state index contributed by atoms with van der Waals surface area (Å²) in [4.78, 5) is 13.5. The third kappa shape index (κ3) is 3.79. The fraction of sp³-hybridized carbons (Fsp3) is 0.192. The molecule has 2 N–H and O–H groups in total. The van der Waals surface area contributed by atoms with Gasteiger partial charge < -0.3 is 15.4 Å². The predicted octanol–water partition coefficient (Wildman–Crippen LogP) is 6.58. The van der Waals surface area contributed by atoms with Crippen LogP contribution in [-0.2, 0) is 4.79 Å². The van der Waals surface area contributed by atoms with Gasteiger partial charge in [0.05, 0.1) is 29.0 Å². The van der Waals surface area contributed by atoms with Gasteiger partial charge in [0.25, 0.3) is 0 Å². The zero-order chi connectivity index (χ0) is 22.2. The van der Waals surface area contributed by atoms with E-state index in [0.29, 0.717) is 22.9 Å². The van der Waals surface area contributed by atoms with Crippen LogP contribution in [-0.4, -0.2) is 12.9 Å². The summed E-state index contributed by atoms with van der Waals surface area (Å²) >= 11 is 3.29. The van der Waals surface area contributed by atoms with Crippen molar-refractivity contribution in [3.63, 3.8) is 0 Å². The molecule has 3 aromatic rings. The summed E-state index contributed by atoms with van der Waals surface area (Å²) in [7, 11) is 1.64. The molecule has 2 atom stereocenters. The first kappa shape index (κ1) is 20.8. The van der Waals surface area contributed by atoms with E-state index in [0.717, 1.165) is 33.9 Å². The lowest BCUT2D eigenvalue weighted by Gasteiger charge is -2.30. The number of anilines is 2. The van der Waals surface area contributed by atoms with Crippen LogP contribution < -0.4 is 15.4 Å². The minimum absolute atomic E-state index is 0.0746. The van der Waals surface area contributed by atoms with Crippen molar-refractivity contribution >= 4 is 33.1 Å². The Bertz CT molecular complexity index is 1220. The average molecular weight is 493 g/mol. The number of fused-ring (bicyclic) bond motifs is 1. The maximum atomic E-state index is 13.9. The van der Waals surface area contributed by atoms with Gasteiger partial charge in [0.1, 0.15) is 11.6 Å². The smallest absolute Gasteiger partial charge is 0.163 e. The van der Waals surface area contributed by atoms with Gasteiger partial charge in [0, 0.05) is 17.7 Å². The van der Waals surface area contributed by atoms with Crippen LogP contribution in [0.15, 0.2) is 82.5 Å². The van der Waals surface area contributed by atoms with Crippen LogP contribution in [0.25, 0.3) is 0 Å². The molecule has 0 bridgehead atoms. The van der Waals surface area contributed by atoms with Gasteiger partial charge in [-0.15, -0.1) is 0 Å². The highest BCUT2D eigenvalue weighted by Crippen LogP contribution is 2.44. The zero-order valence-electron chi connectivity index (χ0n) is 17.5. The number of rotatable bonds is 3. The summed E-state index contributed by atoms with van der Waals surface area (Å²) in [5, 5.41) is 7.05. The van der Waals surface area contributed by atoms with Gasteiger partial charge in [-0.2, -0.15) is 0 Å². The monoisotopic (exact) mass is 492 g/mol. The number of carbonyl (C=O) groups is 1. The lowest BCUT2D eigenvalue weighted by atomic mass is 9.78. The molecule has 0 saturated heterocycles. The fourth-order valence-electron chi connectivity index (χ4n) is 4.55. The molecule has 0 saturated carbocycles. The molecule has 162 valence electrons. The van der Waals surface area contributed by atoms with Crippen molar-refractivity contribution in [3.05, 3.63) is 99.4 Å². The molecule has 32 heavy (non-hydrogen) atoms. The highest BCUT2D eigenvalue weighted by molar-refractivity contribution is 9.10. The third-order valence-corrected chi connectivity index (χ3v) is 6.78. The largest absolute Gasteiger partial charge is 0.497 e. The normalized spacial score (nSPS) is 19.9. The fourth-order valence-corrected chi connectivity index (χ4v) is 4.94. The molecule has 0 spiro atoms. The highest BCUT2D eigenvalue weighted by atomic mass is 79.9. The maximum Gasteiger partial charge on any atom is 0.163 e. The van der Waals surface area contributed by atoms with E-state index in [1.807, 2.05) is 48.5 Å². The standard InChI is InChI=1S/C26H22BrFN2O2/c1-32-18-9-6-15(7-10-18)17-13-23-25(24(31)14-17)26(16-8-11-20(28)19(27)12-16)30-22-5-3-2-4-21(22)29-23/h2-12,17,26,29-30H,13-14H2,1H3. The van der Waals surface area contributed by atoms with E-state index in [2.05, 4.69) is 26.6 Å². The minimum Gasteiger partial charge on any atom is -0.497 e. The molecule has 0 aromatic heterocycles. The Hall–Kier alpha value is -3.12. The SMILES string of the molecule is COc1ccc(C2CC(=O)C3=C(C2)Nc2ccccc2NC3c2ccc(F)c(Br)c2)cc1. The van der Waals surface area contributed by atoms with E-state index in [1.165, 1.54) is 6.07 Å². The maximum absolute atomic E-state index is 13.9. The summed E-state index contributed by atoms with van der Waals surface area (Å²) in [6.07, 6.45) is 1.13. The lowest BCUT2D eigenvalue weighted by Crippen LogP contribution is -2.26. The van der Waals surface area contributed by atoms with Crippen LogP contribution in [0.1, 0.15) is 35.9 Å². The van der Waals surface area contributed by atoms with Gasteiger partial charge in [-0.05, 0) is 75.8 Å². The Kier molecular flexibility index (Phi) is 5.47. The number of benzene rings is 3. The van der Waals surface area contributed by atoms with E-state index in [9.17, 15) is 9.18 Å². The van der Waals surface area contributed by atoms with Crippen LogP contribution in [0.2, 0.25) is 0 Å². The number of hydrogen-bond donors (Lipinski definition) is 2. The lowest BCUT2D eigenvalue weighted by molar-refractivity contribution is -0.116. The van der Waals surface area contributed by atoms with Crippen molar-refractivity contribution in [1.29, 1.82) is 0 Å². The second-order valence-electron chi connectivity index (χ2n) is 8.12. The summed E-state index contributed by atoms with van der Waals surface area (Å²) in [5.41, 5.74) is 5.39. The molecule has 2 aliphatic rings. The Balaban J connectivity index is 1.59. The van der Waals surface area contributed by atoms with Gasteiger partial charge in [-0.3, -0.25) is 4.79 Å². The number of ketones is 1. The van der Waals surface area contributed by atoms with Crippen molar-refractivity contribution < 1.29 is 13.9 Å². The Morgan fingerprint density at radius 1 is 0.969 bits per heavy atom. The van der Waals surface area contributed by atoms with Gasteiger partial charge in [-0.25, -0.2) is 4.39 Å². The number of ether oxygens (including phenoxy) is 1. The molecule has 5 rings (SSSR count). The summed E-state index contributed by atoms with van der Waals surface area (Å²) in [6.45, 7) is 0. The van der Waals surface area contributed by atoms with Gasteiger partial charge in [0.15, 0.2) is 5.78 Å². The van der Waals surface area contributed by atoms with Gasteiger partial charge >= 0.3 is 0 Å². The van der Waals surface area contributed by atoms with Crippen molar-refractivity contribution in [3.8, 4) is 5.75 Å². The number of carbonyl (C=O) groups excluding carboxylic acids is 1. The van der Waals surface area contributed by atoms with E-state index in [1.54, 1.807) is 19.2 Å². The van der Waals surface area contributed by atoms with Crippen molar-refractivity contribution in [2.24, 2.45) is 0 Å². The molecule has 1 heterocycles. The average Bonchev–Trinajstić information content (AvgIpc) is 2.98. The molecule has 6 heteroatoms. The third-order valence-electron chi connectivity index (χ3n) is 6.17. The van der Waals surface area contributed by atoms with Gasteiger partial charge in [-0.1, -0.05) is 30.3 Å². The molecule has 0 radical (unpaired) electrons. The van der Waals surface area contributed by atoms with Gasteiger partial charge in [0.2, 0.25) is 0 Å². The second kappa shape index (κ2) is 8.43. The minimum atomic E-state index is -0.373. The Labute approximate surface area is 194 Å². The summed E-state index contributed by atoms with van der Waals surface area (Å²) in [5.74, 6) is 0.629.